The molecular weight excluding hydrogens is 306 g/mol. The minimum atomic E-state index is -0.253. The zero-order valence-corrected chi connectivity index (χ0v) is 13.5. The number of carbonyl (C=O) groups is 1. The number of pyridine rings is 1. The van der Waals surface area contributed by atoms with Crippen molar-refractivity contribution in [2.24, 2.45) is 0 Å². The van der Waals surface area contributed by atoms with Gasteiger partial charge in [-0.2, -0.15) is 0 Å². The molecule has 0 saturated heterocycles. The number of carbonyl (C=O) groups excluding carboxylic acids is 1. The van der Waals surface area contributed by atoms with Crippen molar-refractivity contribution in [1.29, 1.82) is 0 Å². The highest BCUT2D eigenvalue weighted by atomic mass is 16.3. The summed E-state index contributed by atoms with van der Waals surface area (Å²) in [6.07, 6.45) is 6.85. The second-order valence-corrected chi connectivity index (χ2v) is 6.31. The van der Waals surface area contributed by atoms with Gasteiger partial charge in [0.1, 0.15) is 17.9 Å². The summed E-state index contributed by atoms with van der Waals surface area (Å²) in [5, 5.41) is 6.89. The van der Waals surface area contributed by atoms with E-state index in [1.54, 1.807) is 31.5 Å². The van der Waals surface area contributed by atoms with E-state index in [9.17, 15) is 4.79 Å². The Kier molecular flexibility index (Phi) is 3.23. The van der Waals surface area contributed by atoms with E-state index in [-0.39, 0.29) is 11.4 Å². The number of furan rings is 1. The average Bonchev–Trinajstić information content (AvgIpc) is 3.17. The lowest BCUT2D eigenvalue weighted by molar-refractivity contribution is 0.102. The second-order valence-electron chi connectivity index (χ2n) is 6.31. The van der Waals surface area contributed by atoms with E-state index < -0.39 is 0 Å². The third-order valence-corrected chi connectivity index (χ3v) is 4.25. The third kappa shape index (κ3) is 2.58. The van der Waals surface area contributed by atoms with Gasteiger partial charge in [-0.05, 0) is 38.8 Å². The zero-order valence-electron chi connectivity index (χ0n) is 13.5. The molecule has 0 atom stereocenters. The Hall–Kier alpha value is -2.96. The van der Waals surface area contributed by atoms with E-state index in [1.807, 2.05) is 0 Å². The van der Waals surface area contributed by atoms with Crippen LogP contribution in [0.25, 0.3) is 11.1 Å². The number of anilines is 2. The van der Waals surface area contributed by atoms with Crippen LogP contribution in [0.2, 0.25) is 0 Å². The Labute approximate surface area is 138 Å². The molecule has 1 saturated carbocycles. The van der Waals surface area contributed by atoms with Gasteiger partial charge < -0.3 is 15.1 Å². The van der Waals surface area contributed by atoms with E-state index in [1.165, 1.54) is 6.33 Å². The number of fused-ring (bicyclic) bond motifs is 1. The Morgan fingerprint density at radius 2 is 2.00 bits per heavy atom. The first-order valence-corrected chi connectivity index (χ1v) is 7.79. The molecule has 0 unspecified atom stereocenters. The number of amides is 1. The van der Waals surface area contributed by atoms with Crippen molar-refractivity contribution in [3.63, 3.8) is 0 Å². The summed E-state index contributed by atoms with van der Waals surface area (Å²) >= 11 is 0. The van der Waals surface area contributed by atoms with Gasteiger partial charge in [-0.25, -0.2) is 9.97 Å². The van der Waals surface area contributed by atoms with E-state index in [0.29, 0.717) is 33.9 Å². The van der Waals surface area contributed by atoms with Crippen LogP contribution in [0.5, 0.6) is 0 Å². The Bertz CT molecular complexity index is 915. The summed E-state index contributed by atoms with van der Waals surface area (Å²) in [5.74, 6) is 0.897. The van der Waals surface area contributed by atoms with E-state index in [4.69, 9.17) is 4.42 Å². The van der Waals surface area contributed by atoms with Gasteiger partial charge in [-0.15, -0.1) is 0 Å². The van der Waals surface area contributed by atoms with Gasteiger partial charge in [0.25, 0.3) is 5.91 Å². The summed E-state index contributed by atoms with van der Waals surface area (Å²) in [6.45, 7) is 3.89. The topological polar surface area (TPSA) is 92.9 Å². The number of hydrogen-bond donors (Lipinski definition) is 2. The lowest BCUT2D eigenvalue weighted by Crippen LogP contribution is -2.18. The molecule has 1 fully saturated rings. The maximum Gasteiger partial charge on any atom is 0.260 e. The summed E-state index contributed by atoms with van der Waals surface area (Å²) in [4.78, 5) is 25.2. The second kappa shape index (κ2) is 5.30. The van der Waals surface area contributed by atoms with Gasteiger partial charge in [0.15, 0.2) is 0 Å². The standard InChI is InChI=1S/C17H17N5O2/c1-10-12(15(23)21-11-3-7-18-8-4-11)13-14(22-17(2)5-6-17)19-9-20-16(13)24-10/h3-4,7-9H,5-6H2,1-2H3,(H,18,21,23)(H,19,20,22). The van der Waals surface area contributed by atoms with Gasteiger partial charge >= 0.3 is 0 Å². The van der Waals surface area contributed by atoms with Crippen LogP contribution in [0, 0.1) is 6.92 Å². The average molecular weight is 323 g/mol. The number of hydrogen-bond acceptors (Lipinski definition) is 6. The van der Waals surface area contributed by atoms with Gasteiger partial charge in [0.05, 0.1) is 10.9 Å². The van der Waals surface area contributed by atoms with Crippen LogP contribution in [0.3, 0.4) is 0 Å². The largest absolute Gasteiger partial charge is 0.442 e. The number of aryl methyl sites for hydroxylation is 1. The van der Waals surface area contributed by atoms with Crippen molar-refractivity contribution in [3.8, 4) is 0 Å². The van der Waals surface area contributed by atoms with Gasteiger partial charge in [0, 0.05) is 23.6 Å². The van der Waals surface area contributed by atoms with Crippen LogP contribution in [0.4, 0.5) is 11.5 Å². The molecule has 7 nitrogen and oxygen atoms in total. The molecule has 7 heteroatoms. The third-order valence-electron chi connectivity index (χ3n) is 4.25. The lowest BCUT2D eigenvalue weighted by Gasteiger charge is -2.13. The highest BCUT2D eigenvalue weighted by Gasteiger charge is 2.38. The number of rotatable bonds is 4. The maximum absolute atomic E-state index is 12.8. The molecule has 0 aromatic carbocycles. The van der Waals surface area contributed by atoms with E-state index in [2.05, 4.69) is 32.5 Å². The molecule has 122 valence electrons. The predicted molar refractivity (Wildman–Crippen MR) is 90.0 cm³/mol. The molecule has 1 aliphatic carbocycles. The van der Waals surface area contributed by atoms with Crippen LogP contribution in [-0.2, 0) is 0 Å². The highest BCUT2D eigenvalue weighted by molar-refractivity contribution is 6.15. The predicted octanol–water partition coefficient (Wildman–Crippen LogP) is 3.14. The first kappa shape index (κ1) is 14.6. The summed E-state index contributed by atoms with van der Waals surface area (Å²) in [7, 11) is 0. The minimum absolute atomic E-state index is 0.0330. The lowest BCUT2D eigenvalue weighted by atomic mass is 10.1. The quantitative estimate of drug-likeness (QED) is 0.766. The minimum Gasteiger partial charge on any atom is -0.442 e. The van der Waals surface area contributed by atoms with E-state index >= 15 is 0 Å². The fourth-order valence-corrected chi connectivity index (χ4v) is 2.64. The van der Waals surface area contributed by atoms with Crippen LogP contribution in [0.1, 0.15) is 35.9 Å². The van der Waals surface area contributed by atoms with Crippen molar-refractivity contribution in [3.05, 3.63) is 42.2 Å². The molecule has 3 heterocycles. The molecule has 24 heavy (non-hydrogen) atoms. The normalized spacial score (nSPS) is 15.2. The fourth-order valence-electron chi connectivity index (χ4n) is 2.64. The monoisotopic (exact) mass is 323 g/mol. The van der Waals surface area contributed by atoms with E-state index in [0.717, 1.165) is 12.8 Å². The van der Waals surface area contributed by atoms with Crippen LogP contribution >= 0.6 is 0 Å². The molecule has 1 amide bonds. The van der Waals surface area contributed by atoms with Crippen molar-refractivity contribution in [2.75, 3.05) is 10.6 Å². The Balaban J connectivity index is 1.76. The molecule has 0 bridgehead atoms. The number of aromatic nitrogens is 3. The summed E-state index contributed by atoms with van der Waals surface area (Å²) in [6, 6.07) is 3.47. The highest BCUT2D eigenvalue weighted by Crippen LogP contribution is 2.40. The molecule has 3 aromatic heterocycles. The van der Waals surface area contributed by atoms with Crippen LogP contribution in [0.15, 0.2) is 35.3 Å². The molecule has 4 rings (SSSR count). The molecule has 0 spiro atoms. The first-order valence-electron chi connectivity index (χ1n) is 7.79. The maximum atomic E-state index is 12.8. The molecule has 1 aliphatic rings. The fraction of sp³-hybridized carbons (Fsp3) is 0.294. The summed E-state index contributed by atoms with van der Waals surface area (Å²) in [5.41, 5.74) is 1.57. The van der Waals surface area contributed by atoms with Crippen molar-refractivity contribution >= 4 is 28.5 Å². The number of nitrogens with one attached hydrogen (secondary N) is 2. The van der Waals surface area contributed by atoms with Gasteiger partial charge in [0.2, 0.25) is 5.71 Å². The first-order chi connectivity index (χ1) is 11.6. The van der Waals surface area contributed by atoms with Gasteiger partial charge in [-0.3, -0.25) is 9.78 Å². The molecule has 3 aromatic rings. The van der Waals surface area contributed by atoms with Gasteiger partial charge in [-0.1, -0.05) is 0 Å². The number of nitrogens with zero attached hydrogens (tertiary/aromatic N) is 3. The zero-order chi connectivity index (χ0) is 16.7. The Morgan fingerprint density at radius 1 is 1.25 bits per heavy atom. The molecule has 0 radical (unpaired) electrons. The molecular formula is C17H17N5O2. The van der Waals surface area contributed by atoms with Crippen LogP contribution in [-0.4, -0.2) is 26.4 Å². The Morgan fingerprint density at radius 3 is 2.71 bits per heavy atom. The molecule has 0 aliphatic heterocycles. The molecule has 2 N–H and O–H groups in total. The van der Waals surface area contributed by atoms with Crippen molar-refractivity contribution < 1.29 is 9.21 Å². The SMILES string of the molecule is Cc1oc2ncnc(NC3(C)CC3)c2c1C(=O)Nc1ccncc1. The summed E-state index contributed by atoms with van der Waals surface area (Å²) < 4.78 is 5.67. The van der Waals surface area contributed by atoms with Crippen molar-refractivity contribution in [1.82, 2.24) is 15.0 Å². The smallest absolute Gasteiger partial charge is 0.260 e. The van der Waals surface area contributed by atoms with Crippen LogP contribution < -0.4 is 10.6 Å². The van der Waals surface area contributed by atoms with Crippen molar-refractivity contribution in [2.45, 2.75) is 32.2 Å².